The Bertz CT molecular complexity index is 320. The molecule has 0 aliphatic rings. The van der Waals surface area contributed by atoms with Gasteiger partial charge in [0.25, 0.3) is 0 Å². The summed E-state index contributed by atoms with van der Waals surface area (Å²) in [5, 5.41) is 11.5. The maximum Gasteiger partial charge on any atom is 0.407 e. The molecule has 0 aliphatic carbocycles. The number of carboxylic acids is 1. The fraction of sp³-hybridized carbons (Fsp3) is 0.714. The Morgan fingerprint density at radius 1 is 1.42 bits per heavy atom. The first-order valence-corrected chi connectivity index (χ1v) is 6.45. The van der Waals surface area contributed by atoms with E-state index in [0.29, 0.717) is 0 Å². The zero-order valence-corrected chi connectivity index (χ0v) is 12.2. The number of amides is 1. The van der Waals surface area contributed by atoms with E-state index in [2.05, 4.69) is 11.9 Å². The number of ether oxygens (including phenoxy) is 1. The van der Waals surface area contributed by atoms with Crippen LogP contribution in [0.25, 0.3) is 0 Å². The van der Waals surface area contributed by atoms with E-state index in [0.717, 1.165) is 12.8 Å². The van der Waals surface area contributed by atoms with Crippen molar-refractivity contribution in [3.05, 3.63) is 12.7 Å². The topological polar surface area (TPSA) is 75.6 Å². The quantitative estimate of drug-likeness (QED) is 0.698. The lowest BCUT2D eigenvalue weighted by Gasteiger charge is -2.27. The van der Waals surface area contributed by atoms with Gasteiger partial charge in [0.2, 0.25) is 0 Å². The van der Waals surface area contributed by atoms with Crippen LogP contribution < -0.4 is 5.32 Å². The summed E-state index contributed by atoms with van der Waals surface area (Å²) in [6.45, 7) is 11.1. The van der Waals surface area contributed by atoms with Gasteiger partial charge in [0.05, 0.1) is 6.61 Å². The standard InChI is InChI=1S/C14H25NO4/c1-6-7-8-10(2)9-19-13(18)15-11(12(16)17)14(3,4)5/h6,10-11H,1,7-9H2,2-5H3,(H,15,18)(H,16,17)/t10-,11-/m1/s1. The predicted molar refractivity (Wildman–Crippen MR) is 74.0 cm³/mol. The van der Waals surface area contributed by atoms with Crippen LogP contribution in [0, 0.1) is 11.3 Å². The minimum atomic E-state index is -1.07. The van der Waals surface area contributed by atoms with Gasteiger partial charge < -0.3 is 15.2 Å². The molecule has 0 aliphatic heterocycles. The molecule has 0 aromatic heterocycles. The summed E-state index contributed by atoms with van der Waals surface area (Å²) in [5.74, 6) is -0.842. The largest absolute Gasteiger partial charge is 0.480 e. The van der Waals surface area contributed by atoms with Crippen molar-refractivity contribution in [1.29, 1.82) is 0 Å². The molecule has 2 atom stereocenters. The average Bonchev–Trinajstić information content (AvgIpc) is 2.28. The lowest BCUT2D eigenvalue weighted by atomic mass is 9.87. The maximum absolute atomic E-state index is 11.6. The van der Waals surface area contributed by atoms with Gasteiger partial charge in [0.1, 0.15) is 6.04 Å². The molecule has 0 saturated carbocycles. The maximum atomic E-state index is 11.6. The Hall–Kier alpha value is -1.52. The van der Waals surface area contributed by atoms with Crippen LogP contribution >= 0.6 is 0 Å². The van der Waals surface area contributed by atoms with E-state index in [4.69, 9.17) is 9.84 Å². The van der Waals surface area contributed by atoms with Crippen LogP contribution in [0.1, 0.15) is 40.5 Å². The molecule has 19 heavy (non-hydrogen) atoms. The summed E-state index contributed by atoms with van der Waals surface area (Å²) in [6, 6.07) is -0.969. The highest BCUT2D eigenvalue weighted by Gasteiger charge is 2.33. The van der Waals surface area contributed by atoms with E-state index in [1.807, 2.05) is 13.0 Å². The number of allylic oxidation sites excluding steroid dienone is 1. The van der Waals surface area contributed by atoms with Crippen LogP contribution in [-0.4, -0.2) is 29.8 Å². The summed E-state index contributed by atoms with van der Waals surface area (Å²) >= 11 is 0. The molecule has 2 N–H and O–H groups in total. The monoisotopic (exact) mass is 271 g/mol. The second-order valence-electron chi connectivity index (χ2n) is 5.85. The molecule has 110 valence electrons. The van der Waals surface area contributed by atoms with E-state index >= 15 is 0 Å². The highest BCUT2D eigenvalue weighted by Crippen LogP contribution is 2.19. The normalized spacial score (nSPS) is 14.3. The second-order valence-corrected chi connectivity index (χ2v) is 5.85. The van der Waals surface area contributed by atoms with Crippen LogP contribution in [0.2, 0.25) is 0 Å². The van der Waals surface area contributed by atoms with Crippen LogP contribution in [0.4, 0.5) is 4.79 Å². The molecule has 0 rings (SSSR count). The van der Waals surface area contributed by atoms with E-state index in [1.165, 1.54) is 0 Å². The Morgan fingerprint density at radius 3 is 2.42 bits per heavy atom. The van der Waals surface area contributed by atoms with Gasteiger partial charge in [-0.2, -0.15) is 0 Å². The van der Waals surface area contributed by atoms with Crippen molar-refractivity contribution in [2.75, 3.05) is 6.61 Å². The summed E-state index contributed by atoms with van der Waals surface area (Å²) in [5.41, 5.74) is -0.570. The molecule has 0 bridgehead atoms. The molecule has 1 amide bonds. The Labute approximate surface area is 115 Å². The molecule has 0 spiro atoms. The summed E-state index contributed by atoms with van der Waals surface area (Å²) in [4.78, 5) is 22.6. The van der Waals surface area contributed by atoms with Crippen LogP contribution in [0.5, 0.6) is 0 Å². The van der Waals surface area contributed by atoms with Crippen molar-refractivity contribution in [3.8, 4) is 0 Å². The van der Waals surface area contributed by atoms with E-state index in [-0.39, 0.29) is 12.5 Å². The van der Waals surface area contributed by atoms with Crippen LogP contribution in [0.15, 0.2) is 12.7 Å². The van der Waals surface area contributed by atoms with Crippen LogP contribution in [0.3, 0.4) is 0 Å². The van der Waals surface area contributed by atoms with Crippen LogP contribution in [-0.2, 0) is 9.53 Å². The number of carboxylic acid groups (broad SMARTS) is 1. The third-order valence-electron chi connectivity index (χ3n) is 2.74. The summed E-state index contributed by atoms with van der Waals surface area (Å²) < 4.78 is 5.03. The van der Waals surface area contributed by atoms with Gasteiger partial charge in [-0.05, 0) is 24.2 Å². The fourth-order valence-electron chi connectivity index (χ4n) is 1.51. The zero-order valence-electron chi connectivity index (χ0n) is 12.2. The number of alkyl carbamates (subject to hydrolysis) is 1. The molecule has 0 aromatic rings. The molecule has 5 heteroatoms. The number of rotatable bonds is 7. The lowest BCUT2D eigenvalue weighted by molar-refractivity contribution is -0.142. The third-order valence-corrected chi connectivity index (χ3v) is 2.74. The molecule has 0 radical (unpaired) electrons. The van der Waals surface area contributed by atoms with Gasteiger partial charge >= 0.3 is 12.1 Å². The number of carbonyl (C=O) groups excluding carboxylic acids is 1. The van der Waals surface area contributed by atoms with Crippen molar-refractivity contribution in [3.63, 3.8) is 0 Å². The molecule has 0 saturated heterocycles. The van der Waals surface area contributed by atoms with Crippen molar-refractivity contribution >= 4 is 12.1 Å². The second kappa shape index (κ2) is 7.81. The van der Waals surface area contributed by atoms with Gasteiger partial charge in [-0.1, -0.05) is 33.8 Å². The van der Waals surface area contributed by atoms with Gasteiger partial charge in [0, 0.05) is 0 Å². The lowest BCUT2D eigenvalue weighted by Crippen LogP contribution is -2.49. The highest BCUT2D eigenvalue weighted by atomic mass is 16.5. The minimum Gasteiger partial charge on any atom is -0.480 e. The summed E-state index contributed by atoms with van der Waals surface area (Å²) in [6.07, 6.45) is 2.88. The molecule has 0 unspecified atom stereocenters. The van der Waals surface area contributed by atoms with Gasteiger partial charge in [-0.25, -0.2) is 9.59 Å². The van der Waals surface area contributed by atoms with Crippen molar-refractivity contribution in [2.24, 2.45) is 11.3 Å². The number of hydrogen-bond acceptors (Lipinski definition) is 3. The predicted octanol–water partition coefficient (Wildman–Crippen LogP) is 2.81. The van der Waals surface area contributed by atoms with E-state index < -0.39 is 23.5 Å². The average molecular weight is 271 g/mol. The smallest absolute Gasteiger partial charge is 0.407 e. The summed E-state index contributed by atoms with van der Waals surface area (Å²) in [7, 11) is 0. The number of hydrogen-bond donors (Lipinski definition) is 2. The van der Waals surface area contributed by atoms with E-state index in [9.17, 15) is 9.59 Å². The minimum absolute atomic E-state index is 0.224. The SMILES string of the molecule is C=CCC[C@@H](C)COC(=O)N[C@H](C(=O)O)C(C)(C)C. The molecule has 0 heterocycles. The molecule has 5 nitrogen and oxygen atoms in total. The molecule has 0 aromatic carbocycles. The first-order chi connectivity index (χ1) is 8.68. The van der Waals surface area contributed by atoms with Crippen molar-refractivity contribution in [1.82, 2.24) is 5.32 Å². The zero-order chi connectivity index (χ0) is 15.1. The highest BCUT2D eigenvalue weighted by molar-refractivity contribution is 5.80. The molecular formula is C14H25NO4. The Morgan fingerprint density at radius 2 is 2.00 bits per heavy atom. The number of carbonyl (C=O) groups is 2. The van der Waals surface area contributed by atoms with Gasteiger partial charge in [-0.3, -0.25) is 0 Å². The first kappa shape index (κ1) is 17.5. The number of aliphatic carboxylic acids is 1. The van der Waals surface area contributed by atoms with E-state index in [1.54, 1.807) is 20.8 Å². The van der Waals surface area contributed by atoms with Crippen molar-refractivity contribution < 1.29 is 19.4 Å². The third kappa shape index (κ3) is 7.49. The first-order valence-electron chi connectivity index (χ1n) is 6.45. The number of nitrogens with one attached hydrogen (secondary N) is 1. The van der Waals surface area contributed by atoms with Crippen molar-refractivity contribution in [2.45, 2.75) is 46.6 Å². The molecular weight excluding hydrogens is 246 g/mol. The van der Waals surface area contributed by atoms with Gasteiger partial charge in [-0.15, -0.1) is 6.58 Å². The Balaban J connectivity index is 4.22. The fourth-order valence-corrected chi connectivity index (χ4v) is 1.51. The Kier molecular flexibility index (Phi) is 7.19. The van der Waals surface area contributed by atoms with Gasteiger partial charge in [0.15, 0.2) is 0 Å². The molecule has 0 fully saturated rings.